The molecule has 2 aromatic heterocycles. The van der Waals surface area contributed by atoms with E-state index in [1.807, 2.05) is 18.4 Å². The number of esters is 1. The second-order valence-corrected chi connectivity index (χ2v) is 5.40. The molecule has 18 heavy (non-hydrogen) atoms. The van der Waals surface area contributed by atoms with Gasteiger partial charge in [0.2, 0.25) is 11.7 Å². The first kappa shape index (κ1) is 13.3. The fourth-order valence-corrected chi connectivity index (χ4v) is 3.02. The van der Waals surface area contributed by atoms with E-state index < -0.39 is 5.97 Å². The van der Waals surface area contributed by atoms with Crippen molar-refractivity contribution in [2.75, 3.05) is 7.11 Å². The molecule has 0 saturated heterocycles. The Morgan fingerprint density at radius 3 is 2.94 bits per heavy atom. The van der Waals surface area contributed by atoms with Crippen LogP contribution >= 0.6 is 27.3 Å². The number of methoxy groups -OCH3 is 1. The number of hydrogen-bond donors (Lipinski definition) is 0. The topological polar surface area (TPSA) is 52.3 Å². The third-order valence-electron chi connectivity index (χ3n) is 2.37. The maximum atomic E-state index is 11.6. The highest BCUT2D eigenvalue weighted by atomic mass is 79.9. The van der Waals surface area contributed by atoms with Crippen molar-refractivity contribution in [2.24, 2.45) is 0 Å². The summed E-state index contributed by atoms with van der Waals surface area (Å²) in [7, 11) is 1.33. The van der Waals surface area contributed by atoms with Gasteiger partial charge in [0, 0.05) is 4.47 Å². The average Bonchev–Trinajstić information content (AvgIpc) is 2.95. The van der Waals surface area contributed by atoms with E-state index in [0.29, 0.717) is 18.0 Å². The molecule has 0 unspecified atom stereocenters. The maximum absolute atomic E-state index is 11.6. The van der Waals surface area contributed by atoms with Gasteiger partial charge in [0.25, 0.3) is 0 Å². The normalized spacial score (nSPS) is 10.6. The van der Waals surface area contributed by atoms with Crippen molar-refractivity contribution in [3.05, 3.63) is 27.4 Å². The van der Waals surface area contributed by atoms with Crippen molar-refractivity contribution in [3.63, 3.8) is 0 Å². The van der Waals surface area contributed by atoms with Crippen molar-refractivity contribution >= 4 is 33.2 Å². The predicted molar refractivity (Wildman–Crippen MR) is 72.9 cm³/mol. The van der Waals surface area contributed by atoms with E-state index in [4.69, 9.17) is 9.15 Å². The zero-order valence-electron chi connectivity index (χ0n) is 10.0. The van der Waals surface area contributed by atoms with E-state index in [0.717, 1.165) is 15.8 Å². The summed E-state index contributed by atoms with van der Waals surface area (Å²) in [6, 6.07) is 1.92. The first-order chi connectivity index (χ1) is 8.67. The highest BCUT2D eigenvalue weighted by molar-refractivity contribution is 9.10. The molecule has 0 N–H and O–H groups in total. The summed E-state index contributed by atoms with van der Waals surface area (Å²) in [6.45, 7) is 2.02. The van der Waals surface area contributed by atoms with Crippen molar-refractivity contribution in [3.8, 4) is 10.8 Å². The number of hydrogen-bond acceptors (Lipinski definition) is 5. The van der Waals surface area contributed by atoms with Gasteiger partial charge in [0.15, 0.2) is 0 Å². The standard InChI is InChI=1S/C12H12BrNO3S/c1-3-4-8-9(12(15)16-2)17-11(14-8)10-7(13)5-6-18-10/h5-6H,3-4H2,1-2H3. The quantitative estimate of drug-likeness (QED) is 0.798. The third-order valence-corrected chi connectivity index (χ3v) is 4.19. The largest absolute Gasteiger partial charge is 0.463 e. The Labute approximate surface area is 117 Å². The summed E-state index contributed by atoms with van der Waals surface area (Å²) in [5, 5.41) is 1.93. The van der Waals surface area contributed by atoms with Gasteiger partial charge in [0.1, 0.15) is 4.88 Å². The molecular formula is C12H12BrNO3S. The minimum atomic E-state index is -0.482. The van der Waals surface area contributed by atoms with Crippen LogP contribution in [0, 0.1) is 0 Å². The van der Waals surface area contributed by atoms with Crippen LogP contribution in [0.1, 0.15) is 29.6 Å². The zero-order chi connectivity index (χ0) is 13.1. The van der Waals surface area contributed by atoms with Gasteiger partial charge in [-0.25, -0.2) is 9.78 Å². The number of rotatable bonds is 4. The van der Waals surface area contributed by atoms with Crippen molar-refractivity contribution in [1.82, 2.24) is 4.98 Å². The number of nitrogens with zero attached hydrogens (tertiary/aromatic N) is 1. The number of ether oxygens (including phenoxy) is 1. The predicted octanol–water partition coefficient (Wildman–Crippen LogP) is 3.90. The number of carbonyl (C=O) groups excluding carboxylic acids is 1. The molecular weight excluding hydrogens is 318 g/mol. The Hall–Kier alpha value is -1.14. The molecule has 96 valence electrons. The summed E-state index contributed by atoms with van der Waals surface area (Å²) in [4.78, 5) is 16.9. The Morgan fingerprint density at radius 1 is 1.61 bits per heavy atom. The summed E-state index contributed by atoms with van der Waals surface area (Å²) in [5.41, 5.74) is 0.652. The van der Waals surface area contributed by atoms with Gasteiger partial charge < -0.3 is 9.15 Å². The van der Waals surface area contributed by atoms with Crippen molar-refractivity contribution < 1.29 is 13.9 Å². The van der Waals surface area contributed by atoms with Gasteiger partial charge in [-0.3, -0.25) is 0 Å². The molecule has 0 aliphatic carbocycles. The fraction of sp³-hybridized carbons (Fsp3) is 0.333. The molecule has 0 atom stereocenters. The molecule has 0 amide bonds. The van der Waals surface area contributed by atoms with Crippen LogP contribution in [0.5, 0.6) is 0 Å². The third kappa shape index (κ3) is 2.49. The molecule has 0 fully saturated rings. The van der Waals surface area contributed by atoms with Crippen LogP contribution in [-0.2, 0) is 11.2 Å². The highest BCUT2D eigenvalue weighted by Gasteiger charge is 2.22. The van der Waals surface area contributed by atoms with Gasteiger partial charge in [-0.1, -0.05) is 13.3 Å². The SMILES string of the molecule is CCCc1nc(-c2sccc2Br)oc1C(=O)OC. The van der Waals surface area contributed by atoms with E-state index in [1.54, 1.807) is 0 Å². The lowest BCUT2D eigenvalue weighted by molar-refractivity contribution is 0.0564. The van der Waals surface area contributed by atoms with E-state index in [2.05, 4.69) is 20.9 Å². The van der Waals surface area contributed by atoms with Crippen LogP contribution in [0.4, 0.5) is 0 Å². The van der Waals surface area contributed by atoms with E-state index >= 15 is 0 Å². The van der Waals surface area contributed by atoms with Crippen LogP contribution in [0.2, 0.25) is 0 Å². The number of carbonyl (C=O) groups is 1. The van der Waals surface area contributed by atoms with Gasteiger partial charge in [-0.2, -0.15) is 0 Å². The van der Waals surface area contributed by atoms with Gasteiger partial charge in [-0.15, -0.1) is 11.3 Å². The second kappa shape index (κ2) is 5.67. The Balaban J connectivity index is 2.45. The number of aryl methyl sites for hydroxylation is 1. The molecule has 0 radical (unpaired) electrons. The molecule has 2 heterocycles. The minimum absolute atomic E-state index is 0.203. The van der Waals surface area contributed by atoms with E-state index in [1.165, 1.54) is 18.4 Å². The molecule has 0 aliphatic rings. The Bertz CT molecular complexity index is 561. The van der Waals surface area contributed by atoms with Crippen LogP contribution in [-0.4, -0.2) is 18.1 Å². The summed E-state index contributed by atoms with van der Waals surface area (Å²) >= 11 is 4.93. The highest BCUT2D eigenvalue weighted by Crippen LogP contribution is 2.34. The van der Waals surface area contributed by atoms with E-state index in [-0.39, 0.29) is 5.76 Å². The van der Waals surface area contributed by atoms with Crippen molar-refractivity contribution in [1.29, 1.82) is 0 Å². The number of halogens is 1. The van der Waals surface area contributed by atoms with Crippen LogP contribution < -0.4 is 0 Å². The van der Waals surface area contributed by atoms with Crippen molar-refractivity contribution in [2.45, 2.75) is 19.8 Å². The Kier molecular flexibility index (Phi) is 4.19. The monoisotopic (exact) mass is 329 g/mol. The molecule has 0 aromatic carbocycles. The second-order valence-electron chi connectivity index (χ2n) is 3.63. The number of aromatic nitrogens is 1. The number of oxazole rings is 1. The maximum Gasteiger partial charge on any atom is 0.376 e. The molecule has 0 saturated carbocycles. The average molecular weight is 330 g/mol. The molecule has 0 bridgehead atoms. The van der Waals surface area contributed by atoms with Gasteiger partial charge >= 0.3 is 5.97 Å². The smallest absolute Gasteiger partial charge is 0.376 e. The molecule has 2 aromatic rings. The first-order valence-corrected chi connectivity index (χ1v) is 7.16. The van der Waals surface area contributed by atoms with Crippen LogP contribution in [0.3, 0.4) is 0 Å². The molecule has 0 aliphatic heterocycles. The molecule has 0 spiro atoms. The lowest BCUT2D eigenvalue weighted by atomic mass is 10.2. The molecule has 2 rings (SSSR count). The zero-order valence-corrected chi connectivity index (χ0v) is 12.4. The molecule has 6 heteroatoms. The van der Waals surface area contributed by atoms with E-state index in [9.17, 15) is 4.79 Å². The van der Waals surface area contributed by atoms with Crippen LogP contribution in [0.25, 0.3) is 10.8 Å². The van der Waals surface area contributed by atoms with Crippen LogP contribution in [0.15, 0.2) is 20.3 Å². The Morgan fingerprint density at radius 2 is 2.39 bits per heavy atom. The van der Waals surface area contributed by atoms with Gasteiger partial charge in [0.05, 0.1) is 12.8 Å². The minimum Gasteiger partial charge on any atom is -0.463 e. The lowest BCUT2D eigenvalue weighted by Crippen LogP contribution is -2.03. The summed E-state index contributed by atoms with van der Waals surface area (Å²) in [5.74, 6) is 0.181. The van der Waals surface area contributed by atoms with Gasteiger partial charge in [-0.05, 0) is 33.8 Å². The molecule has 4 nitrogen and oxygen atoms in total. The fourth-order valence-electron chi connectivity index (χ4n) is 1.55. The summed E-state index contributed by atoms with van der Waals surface area (Å²) in [6.07, 6.45) is 1.58. The summed E-state index contributed by atoms with van der Waals surface area (Å²) < 4.78 is 11.2. The lowest BCUT2D eigenvalue weighted by Gasteiger charge is -1.96. The first-order valence-electron chi connectivity index (χ1n) is 5.48. The number of thiophene rings is 1.